The topological polar surface area (TPSA) is 58.6 Å². The Labute approximate surface area is 145 Å². The third-order valence-electron chi connectivity index (χ3n) is 4.19. The summed E-state index contributed by atoms with van der Waals surface area (Å²) in [5, 5.41) is 2.93. The second-order valence-electron chi connectivity index (χ2n) is 5.73. The van der Waals surface area contributed by atoms with Crippen LogP contribution in [0.25, 0.3) is 0 Å². The number of amides is 1. The Morgan fingerprint density at radius 3 is 2.48 bits per heavy atom. The van der Waals surface area contributed by atoms with E-state index in [0.717, 1.165) is 36.1 Å². The van der Waals surface area contributed by atoms with Crippen LogP contribution in [0, 0.1) is 5.92 Å². The molecule has 2 rings (SSSR count). The third-order valence-corrected chi connectivity index (χ3v) is 4.72. The molecule has 0 radical (unpaired) electrons. The van der Waals surface area contributed by atoms with Crippen molar-refractivity contribution in [2.75, 3.05) is 25.0 Å². The van der Waals surface area contributed by atoms with E-state index in [1.54, 1.807) is 0 Å². The van der Waals surface area contributed by atoms with Crippen molar-refractivity contribution >= 4 is 33.5 Å². The van der Waals surface area contributed by atoms with Gasteiger partial charge in [0, 0.05) is 10.2 Å². The molecular formula is C17H23BrN2O3. The van der Waals surface area contributed by atoms with Crippen molar-refractivity contribution in [1.82, 2.24) is 4.90 Å². The van der Waals surface area contributed by atoms with E-state index >= 15 is 0 Å². The number of hydrogen-bond donors (Lipinski definition) is 1. The fourth-order valence-electron chi connectivity index (χ4n) is 2.73. The Morgan fingerprint density at radius 1 is 1.30 bits per heavy atom. The summed E-state index contributed by atoms with van der Waals surface area (Å²) >= 11 is 3.37. The minimum absolute atomic E-state index is 0.0260. The van der Waals surface area contributed by atoms with Gasteiger partial charge >= 0.3 is 5.97 Å². The first-order chi connectivity index (χ1) is 11.0. The Balaban J connectivity index is 1.84. The number of ether oxygens (including phenoxy) is 1. The van der Waals surface area contributed by atoms with Gasteiger partial charge in [-0.15, -0.1) is 0 Å². The molecule has 1 aromatic rings. The Kier molecular flexibility index (Phi) is 6.59. The molecule has 1 atom stereocenters. The maximum atomic E-state index is 12.4. The lowest BCUT2D eigenvalue weighted by Gasteiger charge is -2.34. The Hall–Kier alpha value is -1.40. The van der Waals surface area contributed by atoms with Gasteiger partial charge in [-0.1, -0.05) is 15.9 Å². The molecule has 1 aliphatic rings. The number of nitrogens with zero attached hydrogens (tertiary/aromatic N) is 1. The van der Waals surface area contributed by atoms with Gasteiger partial charge in [0.25, 0.3) is 0 Å². The Bertz CT molecular complexity index is 539. The zero-order valence-electron chi connectivity index (χ0n) is 13.5. The molecule has 1 unspecified atom stereocenters. The van der Waals surface area contributed by atoms with E-state index in [1.807, 2.05) is 38.1 Å². The van der Waals surface area contributed by atoms with Crippen LogP contribution in [0.15, 0.2) is 28.7 Å². The number of carbonyl (C=O) groups excluding carboxylic acids is 2. The highest BCUT2D eigenvalue weighted by molar-refractivity contribution is 9.10. The SMILES string of the molecule is CCOC(=O)C1CCN(C(C)C(=O)Nc2ccc(Br)cc2)CC1. The molecule has 1 heterocycles. The van der Waals surface area contributed by atoms with Gasteiger partial charge in [0.2, 0.25) is 5.91 Å². The lowest BCUT2D eigenvalue weighted by molar-refractivity contribution is -0.149. The predicted octanol–water partition coefficient (Wildman–Crippen LogP) is 3.05. The quantitative estimate of drug-likeness (QED) is 0.795. The van der Waals surface area contributed by atoms with Crippen molar-refractivity contribution in [3.63, 3.8) is 0 Å². The van der Waals surface area contributed by atoms with Gasteiger partial charge < -0.3 is 10.1 Å². The van der Waals surface area contributed by atoms with Crippen LogP contribution in [-0.2, 0) is 14.3 Å². The highest BCUT2D eigenvalue weighted by Gasteiger charge is 2.30. The molecule has 6 heteroatoms. The highest BCUT2D eigenvalue weighted by atomic mass is 79.9. The molecule has 1 fully saturated rings. The standard InChI is InChI=1S/C17H23BrN2O3/c1-3-23-17(22)13-8-10-20(11-9-13)12(2)16(21)19-15-6-4-14(18)5-7-15/h4-7,12-13H,3,8-11H2,1-2H3,(H,19,21). The van der Waals surface area contributed by atoms with Crippen LogP contribution in [0.2, 0.25) is 0 Å². The lowest BCUT2D eigenvalue weighted by Crippen LogP contribution is -2.47. The minimum Gasteiger partial charge on any atom is -0.466 e. The van der Waals surface area contributed by atoms with Crippen LogP contribution in [0.3, 0.4) is 0 Å². The second kappa shape index (κ2) is 8.45. The largest absolute Gasteiger partial charge is 0.466 e. The van der Waals surface area contributed by atoms with Gasteiger partial charge in [-0.3, -0.25) is 14.5 Å². The summed E-state index contributed by atoms with van der Waals surface area (Å²) in [5.74, 6) is -0.172. The maximum absolute atomic E-state index is 12.4. The van der Waals surface area contributed by atoms with E-state index in [1.165, 1.54) is 0 Å². The van der Waals surface area contributed by atoms with E-state index in [-0.39, 0.29) is 23.8 Å². The average Bonchev–Trinajstić information content (AvgIpc) is 2.56. The zero-order chi connectivity index (χ0) is 16.8. The normalized spacial score (nSPS) is 17.5. The van der Waals surface area contributed by atoms with Crippen LogP contribution in [0.1, 0.15) is 26.7 Å². The fourth-order valence-corrected chi connectivity index (χ4v) is 2.99. The number of carbonyl (C=O) groups is 2. The number of rotatable bonds is 5. The predicted molar refractivity (Wildman–Crippen MR) is 93.2 cm³/mol. The van der Waals surface area contributed by atoms with Crippen molar-refractivity contribution in [2.24, 2.45) is 5.92 Å². The molecule has 23 heavy (non-hydrogen) atoms. The van der Waals surface area contributed by atoms with Crippen molar-refractivity contribution in [3.05, 3.63) is 28.7 Å². The first-order valence-electron chi connectivity index (χ1n) is 7.98. The molecule has 0 spiro atoms. The monoisotopic (exact) mass is 382 g/mol. The number of piperidine rings is 1. The summed E-state index contributed by atoms with van der Waals surface area (Å²) in [5.41, 5.74) is 0.784. The molecule has 1 N–H and O–H groups in total. The molecular weight excluding hydrogens is 360 g/mol. The summed E-state index contributed by atoms with van der Waals surface area (Å²) in [6.45, 7) is 5.61. The van der Waals surface area contributed by atoms with E-state index < -0.39 is 0 Å². The van der Waals surface area contributed by atoms with Gasteiger partial charge in [0.15, 0.2) is 0 Å². The van der Waals surface area contributed by atoms with Crippen molar-refractivity contribution in [2.45, 2.75) is 32.7 Å². The number of benzene rings is 1. The molecule has 1 aromatic carbocycles. The molecule has 0 bridgehead atoms. The number of likely N-dealkylation sites (tertiary alicyclic amines) is 1. The maximum Gasteiger partial charge on any atom is 0.309 e. The van der Waals surface area contributed by atoms with Gasteiger partial charge in [-0.2, -0.15) is 0 Å². The third kappa shape index (κ3) is 5.04. The van der Waals surface area contributed by atoms with E-state index in [2.05, 4.69) is 26.1 Å². The van der Waals surface area contributed by atoms with Gasteiger partial charge in [-0.05, 0) is 64.0 Å². The first kappa shape index (κ1) is 17.9. The first-order valence-corrected chi connectivity index (χ1v) is 8.77. The highest BCUT2D eigenvalue weighted by Crippen LogP contribution is 2.21. The summed E-state index contributed by atoms with van der Waals surface area (Å²) < 4.78 is 6.05. The number of esters is 1. The van der Waals surface area contributed by atoms with Crippen LogP contribution in [0.4, 0.5) is 5.69 Å². The summed E-state index contributed by atoms with van der Waals surface area (Å²) in [4.78, 5) is 26.2. The van der Waals surface area contributed by atoms with Crippen LogP contribution in [0.5, 0.6) is 0 Å². The fraction of sp³-hybridized carbons (Fsp3) is 0.529. The van der Waals surface area contributed by atoms with Crippen LogP contribution < -0.4 is 5.32 Å². The second-order valence-corrected chi connectivity index (χ2v) is 6.65. The van der Waals surface area contributed by atoms with Crippen molar-refractivity contribution in [3.8, 4) is 0 Å². The number of hydrogen-bond acceptors (Lipinski definition) is 4. The summed E-state index contributed by atoms with van der Waals surface area (Å²) in [6, 6.07) is 7.29. The van der Waals surface area contributed by atoms with Crippen molar-refractivity contribution < 1.29 is 14.3 Å². The van der Waals surface area contributed by atoms with Gasteiger partial charge in [-0.25, -0.2) is 0 Å². The molecule has 1 saturated heterocycles. The molecule has 1 amide bonds. The van der Waals surface area contributed by atoms with Gasteiger partial charge in [0.1, 0.15) is 0 Å². The number of anilines is 1. The molecule has 0 saturated carbocycles. The van der Waals surface area contributed by atoms with Crippen molar-refractivity contribution in [1.29, 1.82) is 0 Å². The summed E-state index contributed by atoms with van der Waals surface area (Å²) in [7, 11) is 0. The smallest absolute Gasteiger partial charge is 0.309 e. The molecule has 1 aliphatic heterocycles. The average molecular weight is 383 g/mol. The molecule has 126 valence electrons. The molecule has 5 nitrogen and oxygen atoms in total. The van der Waals surface area contributed by atoms with E-state index in [0.29, 0.717) is 6.61 Å². The number of halogens is 1. The zero-order valence-corrected chi connectivity index (χ0v) is 15.1. The van der Waals surface area contributed by atoms with Gasteiger partial charge in [0.05, 0.1) is 18.6 Å². The van der Waals surface area contributed by atoms with E-state index in [4.69, 9.17) is 4.74 Å². The molecule has 0 aliphatic carbocycles. The molecule has 0 aromatic heterocycles. The minimum atomic E-state index is -0.221. The number of nitrogens with one attached hydrogen (secondary N) is 1. The van der Waals surface area contributed by atoms with Crippen LogP contribution >= 0.6 is 15.9 Å². The summed E-state index contributed by atoms with van der Waals surface area (Å²) in [6.07, 6.45) is 1.49. The van der Waals surface area contributed by atoms with E-state index in [9.17, 15) is 9.59 Å². The lowest BCUT2D eigenvalue weighted by atomic mass is 9.96. The Morgan fingerprint density at radius 2 is 1.91 bits per heavy atom. The van der Waals surface area contributed by atoms with Crippen LogP contribution in [-0.4, -0.2) is 42.5 Å².